The Labute approximate surface area is 152 Å². The lowest BCUT2D eigenvalue weighted by Crippen LogP contribution is -2.42. The van der Waals surface area contributed by atoms with Crippen LogP contribution < -0.4 is 10.1 Å². The predicted molar refractivity (Wildman–Crippen MR) is 97.1 cm³/mol. The van der Waals surface area contributed by atoms with Crippen LogP contribution >= 0.6 is 0 Å². The van der Waals surface area contributed by atoms with Crippen LogP contribution in [0.3, 0.4) is 0 Å². The van der Waals surface area contributed by atoms with Crippen LogP contribution in [0.15, 0.2) is 54.6 Å². The summed E-state index contributed by atoms with van der Waals surface area (Å²) >= 11 is 0. The van der Waals surface area contributed by atoms with Crippen LogP contribution in [0.5, 0.6) is 5.75 Å². The van der Waals surface area contributed by atoms with Crippen molar-refractivity contribution in [3.05, 3.63) is 65.7 Å². The Bertz CT molecular complexity index is 713. The lowest BCUT2D eigenvalue weighted by Gasteiger charge is -2.15. The zero-order valence-electron chi connectivity index (χ0n) is 14.8. The number of ether oxygens (including phenoxy) is 2. The van der Waals surface area contributed by atoms with Crippen molar-refractivity contribution < 1.29 is 24.2 Å². The van der Waals surface area contributed by atoms with E-state index in [1.165, 1.54) is 0 Å². The zero-order chi connectivity index (χ0) is 18.9. The summed E-state index contributed by atoms with van der Waals surface area (Å²) in [5.74, 6) is -0.407. The van der Waals surface area contributed by atoms with E-state index in [9.17, 15) is 14.7 Å². The Morgan fingerprint density at radius 3 is 2.23 bits per heavy atom. The molecule has 0 radical (unpaired) electrons. The Kier molecular flexibility index (Phi) is 7.02. The van der Waals surface area contributed by atoms with Crippen molar-refractivity contribution in [1.29, 1.82) is 0 Å². The van der Waals surface area contributed by atoms with Gasteiger partial charge in [0.2, 0.25) is 0 Å². The maximum absolute atomic E-state index is 11.9. The number of carboxylic acids is 1. The van der Waals surface area contributed by atoms with Gasteiger partial charge >= 0.3 is 12.1 Å². The number of rotatable bonds is 8. The molecule has 0 bridgehead atoms. The maximum Gasteiger partial charge on any atom is 0.408 e. The number of hydrogen-bond acceptors (Lipinski definition) is 4. The van der Waals surface area contributed by atoms with Gasteiger partial charge in [-0.3, -0.25) is 0 Å². The molecule has 0 spiro atoms. The molecule has 0 fully saturated rings. The lowest BCUT2D eigenvalue weighted by molar-refractivity contribution is -0.139. The summed E-state index contributed by atoms with van der Waals surface area (Å²) < 4.78 is 10.6. The average Bonchev–Trinajstić information content (AvgIpc) is 2.61. The highest BCUT2D eigenvalue weighted by molar-refractivity contribution is 5.80. The molecule has 0 saturated heterocycles. The van der Waals surface area contributed by atoms with Gasteiger partial charge in [0.1, 0.15) is 18.4 Å². The molecule has 6 nitrogen and oxygen atoms in total. The quantitative estimate of drug-likeness (QED) is 0.756. The number of benzene rings is 2. The van der Waals surface area contributed by atoms with Crippen molar-refractivity contribution in [2.75, 3.05) is 0 Å². The summed E-state index contributed by atoms with van der Waals surface area (Å²) in [4.78, 5) is 23.3. The van der Waals surface area contributed by atoms with Crippen molar-refractivity contribution in [1.82, 2.24) is 5.32 Å². The molecule has 0 aliphatic carbocycles. The zero-order valence-corrected chi connectivity index (χ0v) is 14.8. The normalized spacial score (nSPS) is 11.7. The minimum Gasteiger partial charge on any atom is -0.491 e. The number of carbonyl (C=O) groups excluding carboxylic acids is 1. The molecule has 0 heterocycles. The van der Waals surface area contributed by atoms with E-state index in [1.807, 2.05) is 44.2 Å². The van der Waals surface area contributed by atoms with Crippen molar-refractivity contribution in [2.24, 2.45) is 0 Å². The minimum atomic E-state index is -1.12. The van der Waals surface area contributed by atoms with Gasteiger partial charge in [-0.1, -0.05) is 42.5 Å². The van der Waals surface area contributed by atoms with Crippen LogP contribution in [0.1, 0.15) is 25.0 Å². The fourth-order valence-electron chi connectivity index (χ4n) is 2.32. The van der Waals surface area contributed by atoms with Gasteiger partial charge in [0.15, 0.2) is 0 Å². The first kappa shape index (κ1) is 19.3. The van der Waals surface area contributed by atoms with E-state index in [2.05, 4.69) is 5.32 Å². The molecule has 26 heavy (non-hydrogen) atoms. The summed E-state index contributed by atoms with van der Waals surface area (Å²) in [5, 5.41) is 11.7. The van der Waals surface area contributed by atoms with Crippen LogP contribution in [0.4, 0.5) is 4.79 Å². The third-order valence-corrected chi connectivity index (χ3v) is 3.54. The molecule has 1 atom stereocenters. The summed E-state index contributed by atoms with van der Waals surface area (Å²) in [6.07, 6.45) is -0.549. The second-order valence-corrected chi connectivity index (χ2v) is 6.11. The average molecular weight is 357 g/mol. The van der Waals surface area contributed by atoms with Crippen molar-refractivity contribution in [3.8, 4) is 5.75 Å². The van der Waals surface area contributed by atoms with Gasteiger partial charge in [-0.15, -0.1) is 0 Å². The molecule has 2 aromatic carbocycles. The first-order valence-electron chi connectivity index (χ1n) is 8.39. The molecule has 0 saturated carbocycles. The molecule has 1 unspecified atom stereocenters. The second kappa shape index (κ2) is 9.46. The molecular weight excluding hydrogens is 334 g/mol. The number of alkyl carbamates (subject to hydrolysis) is 1. The topological polar surface area (TPSA) is 84.9 Å². The van der Waals surface area contributed by atoms with Crippen LogP contribution in [0.2, 0.25) is 0 Å². The SMILES string of the molecule is CC(C)Oc1ccc(CC(NC(=O)OCc2ccccc2)C(=O)O)cc1. The number of amides is 1. The third kappa shape index (κ3) is 6.47. The highest BCUT2D eigenvalue weighted by atomic mass is 16.5. The van der Waals surface area contributed by atoms with E-state index in [0.29, 0.717) is 5.75 Å². The number of aliphatic carboxylic acids is 1. The van der Waals surface area contributed by atoms with E-state index in [4.69, 9.17) is 9.47 Å². The molecule has 0 aliphatic rings. The van der Waals surface area contributed by atoms with Crippen LogP contribution in [0, 0.1) is 0 Å². The monoisotopic (exact) mass is 357 g/mol. The Hall–Kier alpha value is -3.02. The van der Waals surface area contributed by atoms with Crippen LogP contribution in [-0.4, -0.2) is 29.3 Å². The van der Waals surface area contributed by atoms with Gasteiger partial charge in [0, 0.05) is 6.42 Å². The molecule has 2 N–H and O–H groups in total. The summed E-state index contributed by atoms with van der Waals surface area (Å²) in [5.41, 5.74) is 1.60. The van der Waals surface area contributed by atoms with Crippen molar-refractivity contribution in [3.63, 3.8) is 0 Å². The van der Waals surface area contributed by atoms with Gasteiger partial charge in [-0.2, -0.15) is 0 Å². The summed E-state index contributed by atoms with van der Waals surface area (Å²) in [6.45, 7) is 3.94. The maximum atomic E-state index is 11.9. The van der Waals surface area contributed by atoms with E-state index in [1.54, 1.807) is 24.3 Å². The molecular formula is C20H23NO5. The molecule has 2 rings (SSSR count). The second-order valence-electron chi connectivity index (χ2n) is 6.11. The fraction of sp³-hybridized carbons (Fsp3) is 0.300. The first-order chi connectivity index (χ1) is 12.4. The van der Waals surface area contributed by atoms with Gasteiger partial charge < -0.3 is 19.9 Å². The summed E-state index contributed by atoms with van der Waals surface area (Å²) in [7, 11) is 0. The van der Waals surface area contributed by atoms with E-state index in [0.717, 1.165) is 11.1 Å². The van der Waals surface area contributed by atoms with Gasteiger partial charge in [-0.05, 0) is 37.1 Å². The first-order valence-corrected chi connectivity index (χ1v) is 8.39. The number of carbonyl (C=O) groups is 2. The standard InChI is InChI=1S/C20H23NO5/c1-14(2)26-17-10-8-15(9-11-17)12-18(19(22)23)21-20(24)25-13-16-6-4-3-5-7-16/h3-11,14,18H,12-13H2,1-2H3,(H,21,24)(H,22,23). The largest absolute Gasteiger partial charge is 0.491 e. The molecule has 0 aliphatic heterocycles. The Morgan fingerprint density at radius 2 is 1.65 bits per heavy atom. The van der Waals surface area contributed by atoms with Crippen molar-refractivity contribution >= 4 is 12.1 Å². The van der Waals surface area contributed by atoms with Gasteiger partial charge in [0.05, 0.1) is 6.10 Å². The van der Waals surface area contributed by atoms with E-state index in [-0.39, 0.29) is 19.1 Å². The molecule has 2 aromatic rings. The highest BCUT2D eigenvalue weighted by Crippen LogP contribution is 2.15. The lowest BCUT2D eigenvalue weighted by atomic mass is 10.1. The Balaban J connectivity index is 1.89. The van der Waals surface area contributed by atoms with Crippen LogP contribution in [0.25, 0.3) is 0 Å². The van der Waals surface area contributed by atoms with E-state index < -0.39 is 18.1 Å². The van der Waals surface area contributed by atoms with Crippen LogP contribution in [-0.2, 0) is 22.6 Å². The minimum absolute atomic E-state index is 0.0636. The van der Waals surface area contributed by atoms with Gasteiger partial charge in [0.25, 0.3) is 0 Å². The number of nitrogens with one attached hydrogen (secondary N) is 1. The fourth-order valence-corrected chi connectivity index (χ4v) is 2.32. The smallest absolute Gasteiger partial charge is 0.408 e. The Morgan fingerprint density at radius 1 is 1.00 bits per heavy atom. The van der Waals surface area contributed by atoms with Crippen molar-refractivity contribution in [2.45, 2.75) is 39.0 Å². The molecule has 6 heteroatoms. The molecule has 138 valence electrons. The van der Waals surface area contributed by atoms with Gasteiger partial charge in [-0.25, -0.2) is 9.59 Å². The highest BCUT2D eigenvalue weighted by Gasteiger charge is 2.21. The molecule has 1 amide bonds. The predicted octanol–water partition coefficient (Wildman–Crippen LogP) is 3.40. The number of carboxylic acid groups (broad SMARTS) is 1. The number of hydrogen-bond donors (Lipinski definition) is 2. The summed E-state index contributed by atoms with van der Waals surface area (Å²) in [6, 6.07) is 15.2. The molecule has 0 aromatic heterocycles. The third-order valence-electron chi connectivity index (χ3n) is 3.54. The van der Waals surface area contributed by atoms with E-state index >= 15 is 0 Å².